The first-order valence-corrected chi connectivity index (χ1v) is 6.11. The highest BCUT2D eigenvalue weighted by Crippen LogP contribution is 2.23. The predicted molar refractivity (Wildman–Crippen MR) is 70.3 cm³/mol. The summed E-state index contributed by atoms with van der Waals surface area (Å²) >= 11 is 3.37. The van der Waals surface area contributed by atoms with Crippen molar-refractivity contribution in [1.29, 1.82) is 0 Å². The summed E-state index contributed by atoms with van der Waals surface area (Å²) in [4.78, 5) is 10.7. The maximum absolute atomic E-state index is 10.7. The molecule has 0 unspecified atom stereocenters. The van der Waals surface area contributed by atoms with Gasteiger partial charge in [-0.1, -0.05) is 21.0 Å². The number of rotatable bonds is 6. The summed E-state index contributed by atoms with van der Waals surface area (Å²) in [6.07, 6.45) is 0. The smallest absolute Gasteiger partial charge is 0.263 e. The molecule has 2 rings (SSSR count). The Bertz CT molecular complexity index is 559. The molecule has 0 saturated heterocycles. The van der Waals surface area contributed by atoms with Crippen LogP contribution in [0.25, 0.3) is 0 Å². The van der Waals surface area contributed by atoms with E-state index < -0.39 is 5.91 Å². The quantitative estimate of drug-likeness (QED) is 0.708. The van der Waals surface area contributed by atoms with Gasteiger partial charge in [0.1, 0.15) is 5.75 Å². The summed E-state index contributed by atoms with van der Waals surface area (Å²) in [6.45, 7) is 0.254. The number of nitrogens with zero attached hydrogens (tertiary/aromatic N) is 3. The van der Waals surface area contributed by atoms with Crippen molar-refractivity contribution < 1.29 is 9.53 Å². The van der Waals surface area contributed by atoms with Gasteiger partial charge in [-0.05, 0) is 23.4 Å². The zero-order valence-corrected chi connectivity index (χ0v) is 11.3. The molecule has 0 fully saturated rings. The van der Waals surface area contributed by atoms with Crippen molar-refractivity contribution >= 4 is 27.8 Å². The minimum atomic E-state index is -0.528. The van der Waals surface area contributed by atoms with Crippen molar-refractivity contribution in [3.8, 4) is 5.75 Å². The summed E-state index contributed by atoms with van der Waals surface area (Å²) in [7, 11) is 0. The zero-order valence-electron chi connectivity index (χ0n) is 9.76. The third kappa shape index (κ3) is 3.91. The first-order chi connectivity index (χ1) is 9.15. The van der Waals surface area contributed by atoms with Gasteiger partial charge in [-0.2, -0.15) is 5.21 Å². The van der Waals surface area contributed by atoms with E-state index in [2.05, 4.69) is 41.9 Å². The molecule has 0 spiro atoms. The maximum atomic E-state index is 10.7. The lowest BCUT2D eigenvalue weighted by Gasteiger charge is -2.11. The second-order valence-corrected chi connectivity index (χ2v) is 4.51. The molecule has 0 aliphatic rings. The molecule has 0 radical (unpaired) electrons. The number of anilines is 1. The second-order valence-electron chi connectivity index (χ2n) is 3.60. The molecule has 0 saturated carbocycles. The molecule has 1 heterocycles. The molecule has 1 amide bonds. The first-order valence-electron chi connectivity index (χ1n) is 5.32. The number of hydrogen-bond acceptors (Lipinski definition) is 6. The van der Waals surface area contributed by atoms with Crippen LogP contribution in [0.15, 0.2) is 22.7 Å². The van der Waals surface area contributed by atoms with Crippen LogP contribution in [0, 0.1) is 0 Å². The Morgan fingerprint density at radius 2 is 2.37 bits per heavy atom. The van der Waals surface area contributed by atoms with Crippen molar-refractivity contribution in [1.82, 2.24) is 20.6 Å². The van der Waals surface area contributed by atoms with E-state index in [9.17, 15) is 4.79 Å². The molecule has 8 nitrogen and oxygen atoms in total. The standard InChI is InChI=1S/C10H11BrN6O2/c11-7-1-2-8(19-5-9(12)18)6(3-7)4-13-10-14-16-17-15-10/h1-3H,4-5H2,(H2,12,18)(H2,13,14,15,16,17). The Hall–Kier alpha value is -2.16. The number of primary amides is 1. The van der Waals surface area contributed by atoms with Gasteiger partial charge in [0.25, 0.3) is 11.9 Å². The third-order valence-electron chi connectivity index (χ3n) is 2.17. The lowest BCUT2D eigenvalue weighted by Crippen LogP contribution is -2.20. The number of nitrogens with two attached hydrogens (primary N) is 1. The van der Waals surface area contributed by atoms with Crippen LogP contribution in [0.4, 0.5) is 5.95 Å². The molecule has 1 aromatic carbocycles. The number of nitrogens with one attached hydrogen (secondary N) is 2. The van der Waals surface area contributed by atoms with E-state index in [0.29, 0.717) is 18.2 Å². The number of halogens is 1. The highest BCUT2D eigenvalue weighted by atomic mass is 79.9. The molecule has 19 heavy (non-hydrogen) atoms. The number of ether oxygens (including phenoxy) is 1. The molecule has 1 aromatic heterocycles. The van der Waals surface area contributed by atoms with Crippen molar-refractivity contribution in [3.63, 3.8) is 0 Å². The summed E-state index contributed by atoms with van der Waals surface area (Å²) in [6, 6.07) is 5.43. The van der Waals surface area contributed by atoms with E-state index >= 15 is 0 Å². The number of aromatic nitrogens is 4. The van der Waals surface area contributed by atoms with Gasteiger partial charge in [0.15, 0.2) is 6.61 Å². The van der Waals surface area contributed by atoms with Crippen molar-refractivity contribution in [2.75, 3.05) is 11.9 Å². The largest absolute Gasteiger partial charge is 0.483 e. The van der Waals surface area contributed by atoms with Crippen molar-refractivity contribution in [2.24, 2.45) is 5.73 Å². The van der Waals surface area contributed by atoms with Gasteiger partial charge in [0.2, 0.25) is 0 Å². The summed E-state index contributed by atoms with van der Waals surface area (Å²) < 4.78 is 6.22. The fourth-order valence-corrected chi connectivity index (χ4v) is 1.80. The van der Waals surface area contributed by atoms with E-state index in [1.54, 1.807) is 6.07 Å². The molecule has 4 N–H and O–H groups in total. The van der Waals surface area contributed by atoms with Gasteiger partial charge in [-0.25, -0.2) is 0 Å². The third-order valence-corrected chi connectivity index (χ3v) is 2.67. The fraction of sp³-hybridized carbons (Fsp3) is 0.200. The van der Waals surface area contributed by atoms with Crippen LogP contribution in [0.2, 0.25) is 0 Å². The van der Waals surface area contributed by atoms with Crippen LogP contribution in [0.1, 0.15) is 5.56 Å². The SMILES string of the molecule is NC(=O)COc1ccc(Br)cc1CNc1nn[nH]n1. The van der Waals surface area contributed by atoms with Crippen molar-refractivity contribution in [2.45, 2.75) is 6.54 Å². The van der Waals surface area contributed by atoms with Gasteiger partial charge in [-0.3, -0.25) is 4.79 Å². The lowest BCUT2D eigenvalue weighted by molar-refractivity contribution is -0.119. The van der Waals surface area contributed by atoms with Gasteiger partial charge in [0.05, 0.1) is 0 Å². The number of carbonyl (C=O) groups is 1. The topological polar surface area (TPSA) is 119 Å². The number of carbonyl (C=O) groups excluding carboxylic acids is 1. The Morgan fingerprint density at radius 1 is 1.53 bits per heavy atom. The van der Waals surface area contributed by atoms with E-state index in [1.807, 2.05) is 12.1 Å². The normalized spacial score (nSPS) is 10.2. The number of aromatic amines is 1. The molecule has 2 aromatic rings. The highest BCUT2D eigenvalue weighted by Gasteiger charge is 2.07. The van der Waals surface area contributed by atoms with E-state index in [1.165, 1.54) is 0 Å². The minimum absolute atomic E-state index is 0.170. The number of amides is 1. The van der Waals surface area contributed by atoms with Gasteiger partial charge >= 0.3 is 0 Å². The van der Waals surface area contributed by atoms with Crippen LogP contribution < -0.4 is 15.8 Å². The average Bonchev–Trinajstić information content (AvgIpc) is 2.88. The van der Waals surface area contributed by atoms with Crippen LogP contribution in [0.5, 0.6) is 5.75 Å². The zero-order chi connectivity index (χ0) is 13.7. The van der Waals surface area contributed by atoms with Gasteiger partial charge < -0.3 is 15.8 Å². The van der Waals surface area contributed by atoms with Crippen LogP contribution >= 0.6 is 15.9 Å². The minimum Gasteiger partial charge on any atom is -0.483 e. The van der Waals surface area contributed by atoms with Gasteiger partial charge in [0, 0.05) is 16.6 Å². The molecular formula is C10H11BrN6O2. The number of benzene rings is 1. The number of tetrazole rings is 1. The molecule has 0 atom stereocenters. The summed E-state index contributed by atoms with van der Waals surface area (Å²) in [5.41, 5.74) is 5.88. The summed E-state index contributed by atoms with van der Waals surface area (Å²) in [5, 5.41) is 16.3. The van der Waals surface area contributed by atoms with Crippen LogP contribution in [-0.2, 0) is 11.3 Å². The van der Waals surface area contributed by atoms with Gasteiger partial charge in [-0.15, -0.1) is 5.10 Å². The highest BCUT2D eigenvalue weighted by molar-refractivity contribution is 9.10. The molecular weight excluding hydrogens is 316 g/mol. The lowest BCUT2D eigenvalue weighted by atomic mass is 10.2. The van der Waals surface area contributed by atoms with E-state index in [-0.39, 0.29) is 6.61 Å². The monoisotopic (exact) mass is 326 g/mol. The van der Waals surface area contributed by atoms with Crippen LogP contribution in [-0.4, -0.2) is 33.1 Å². The van der Waals surface area contributed by atoms with E-state index in [4.69, 9.17) is 10.5 Å². The molecule has 0 aliphatic carbocycles. The second kappa shape index (κ2) is 6.14. The Morgan fingerprint density at radius 3 is 3.05 bits per heavy atom. The molecule has 100 valence electrons. The van der Waals surface area contributed by atoms with Crippen molar-refractivity contribution in [3.05, 3.63) is 28.2 Å². The fourth-order valence-electron chi connectivity index (χ4n) is 1.39. The molecule has 9 heteroatoms. The maximum Gasteiger partial charge on any atom is 0.263 e. The van der Waals surface area contributed by atoms with Crippen LogP contribution in [0.3, 0.4) is 0 Å². The molecule has 0 aliphatic heterocycles. The Labute approximate surface area is 116 Å². The number of hydrogen-bond donors (Lipinski definition) is 3. The first kappa shape index (κ1) is 13.3. The summed E-state index contributed by atoms with van der Waals surface area (Å²) in [5.74, 6) is 0.416. The predicted octanol–water partition coefficient (Wildman–Crippen LogP) is 0.438. The van der Waals surface area contributed by atoms with E-state index in [0.717, 1.165) is 10.0 Å². The average molecular weight is 327 g/mol. The number of H-pyrrole nitrogens is 1. The Balaban J connectivity index is 2.08. The Kier molecular flexibility index (Phi) is 4.29. The molecule has 0 bridgehead atoms.